The smallest absolute Gasteiger partial charge is 0.271 e. The van der Waals surface area contributed by atoms with Crippen LogP contribution >= 0.6 is 11.8 Å². The van der Waals surface area contributed by atoms with Gasteiger partial charge in [-0.3, -0.25) is 20.0 Å². The zero-order chi connectivity index (χ0) is 18.4. The Kier molecular flexibility index (Phi) is 6.34. The van der Waals surface area contributed by atoms with Crippen molar-refractivity contribution in [2.24, 2.45) is 0 Å². The van der Waals surface area contributed by atoms with E-state index in [0.717, 1.165) is 18.7 Å². The first kappa shape index (κ1) is 18.7. The number of hydrogen-bond acceptors (Lipinski definition) is 7. The van der Waals surface area contributed by atoms with Crippen molar-refractivity contribution >= 4 is 29.0 Å². The number of carbonyl (C=O) groups excluding carboxylic acids is 1. The predicted molar refractivity (Wildman–Crippen MR) is 94.0 cm³/mol. The molecular weight excluding hydrogens is 346 g/mol. The van der Waals surface area contributed by atoms with Crippen LogP contribution in [-0.4, -0.2) is 38.4 Å². The molecule has 1 aromatic heterocycles. The van der Waals surface area contributed by atoms with Crippen LogP contribution in [0.1, 0.15) is 26.1 Å². The van der Waals surface area contributed by atoms with E-state index in [0.29, 0.717) is 10.9 Å². The zero-order valence-electron chi connectivity index (χ0n) is 14.1. The van der Waals surface area contributed by atoms with E-state index in [-0.39, 0.29) is 17.3 Å². The van der Waals surface area contributed by atoms with Gasteiger partial charge < -0.3 is 10.1 Å². The van der Waals surface area contributed by atoms with Crippen molar-refractivity contribution in [3.8, 4) is 5.75 Å². The second-order valence-corrected chi connectivity index (χ2v) is 6.51. The van der Waals surface area contributed by atoms with E-state index < -0.39 is 10.2 Å². The second kappa shape index (κ2) is 8.47. The number of aryl methyl sites for hydroxylation is 1. The fourth-order valence-electron chi connectivity index (χ4n) is 2.03. The SMILES string of the molecule is CCCc1nc(S[C@@H](C)C(=O)Nc2cc([N+](=O)[O-])ccc2OC)n[nH]1. The summed E-state index contributed by atoms with van der Waals surface area (Å²) in [6.45, 7) is 3.75. The Morgan fingerprint density at radius 1 is 1.52 bits per heavy atom. The highest BCUT2D eigenvalue weighted by molar-refractivity contribution is 8.00. The molecule has 0 bridgehead atoms. The Hall–Kier alpha value is -2.62. The lowest BCUT2D eigenvalue weighted by Crippen LogP contribution is -2.23. The standard InChI is InChI=1S/C15H19N5O4S/c1-4-5-13-17-15(19-18-13)25-9(2)14(21)16-11-8-10(20(22)23)6-7-12(11)24-3/h6-9H,4-5H2,1-3H3,(H,16,21)(H,17,18,19)/t9-/m0/s1. The first-order chi connectivity index (χ1) is 11.9. The number of ether oxygens (including phenoxy) is 1. The molecule has 10 heteroatoms. The van der Waals surface area contributed by atoms with Crippen LogP contribution in [0.2, 0.25) is 0 Å². The number of nitro benzene ring substituents is 1. The van der Waals surface area contributed by atoms with Crippen molar-refractivity contribution in [2.75, 3.05) is 12.4 Å². The Labute approximate surface area is 148 Å². The summed E-state index contributed by atoms with van der Waals surface area (Å²) in [4.78, 5) is 27.0. The molecule has 2 N–H and O–H groups in total. The number of amides is 1. The lowest BCUT2D eigenvalue weighted by Gasteiger charge is -2.13. The van der Waals surface area contributed by atoms with Crippen LogP contribution in [0.3, 0.4) is 0 Å². The third-order valence-corrected chi connectivity index (χ3v) is 4.26. The second-order valence-electron chi connectivity index (χ2n) is 5.21. The number of benzene rings is 1. The maximum absolute atomic E-state index is 12.4. The average Bonchev–Trinajstić information content (AvgIpc) is 3.02. The molecule has 9 nitrogen and oxygen atoms in total. The van der Waals surface area contributed by atoms with Gasteiger partial charge in [-0.15, -0.1) is 5.10 Å². The van der Waals surface area contributed by atoms with Gasteiger partial charge in [-0.25, -0.2) is 4.98 Å². The molecule has 0 unspecified atom stereocenters. The maximum Gasteiger partial charge on any atom is 0.271 e. The fourth-order valence-corrected chi connectivity index (χ4v) is 2.78. The minimum Gasteiger partial charge on any atom is -0.495 e. The van der Waals surface area contributed by atoms with E-state index in [2.05, 4.69) is 20.5 Å². The molecule has 0 saturated carbocycles. The number of nitrogens with one attached hydrogen (secondary N) is 2. The molecule has 0 aliphatic rings. The molecule has 0 fully saturated rings. The topological polar surface area (TPSA) is 123 Å². The van der Waals surface area contributed by atoms with Gasteiger partial charge >= 0.3 is 0 Å². The van der Waals surface area contributed by atoms with E-state index in [9.17, 15) is 14.9 Å². The van der Waals surface area contributed by atoms with Crippen molar-refractivity contribution in [2.45, 2.75) is 37.1 Å². The zero-order valence-corrected chi connectivity index (χ0v) is 14.9. The molecular formula is C15H19N5O4S. The molecule has 2 rings (SSSR count). The highest BCUT2D eigenvalue weighted by Crippen LogP contribution is 2.30. The third kappa shape index (κ3) is 4.92. The molecule has 1 atom stereocenters. The quantitative estimate of drug-likeness (QED) is 0.419. The first-order valence-corrected chi connectivity index (χ1v) is 8.53. The summed E-state index contributed by atoms with van der Waals surface area (Å²) >= 11 is 1.20. The highest BCUT2D eigenvalue weighted by atomic mass is 32.2. The maximum atomic E-state index is 12.4. The molecule has 0 radical (unpaired) electrons. The largest absolute Gasteiger partial charge is 0.495 e. The Morgan fingerprint density at radius 3 is 2.92 bits per heavy atom. The van der Waals surface area contributed by atoms with Crippen LogP contribution in [-0.2, 0) is 11.2 Å². The van der Waals surface area contributed by atoms with Crippen LogP contribution in [0.15, 0.2) is 23.4 Å². The van der Waals surface area contributed by atoms with Crippen LogP contribution < -0.4 is 10.1 Å². The van der Waals surface area contributed by atoms with Gasteiger partial charge in [0.2, 0.25) is 11.1 Å². The van der Waals surface area contributed by atoms with Crippen molar-refractivity contribution < 1.29 is 14.5 Å². The van der Waals surface area contributed by atoms with Gasteiger partial charge in [0.15, 0.2) is 0 Å². The van der Waals surface area contributed by atoms with E-state index >= 15 is 0 Å². The summed E-state index contributed by atoms with van der Waals surface area (Å²) in [6, 6.07) is 4.02. The molecule has 134 valence electrons. The molecule has 25 heavy (non-hydrogen) atoms. The summed E-state index contributed by atoms with van der Waals surface area (Å²) in [5.74, 6) is 0.794. The van der Waals surface area contributed by atoms with E-state index in [1.54, 1.807) is 6.92 Å². The monoisotopic (exact) mass is 365 g/mol. The summed E-state index contributed by atoms with van der Waals surface area (Å²) in [5, 5.41) is 20.4. The normalized spacial score (nSPS) is 11.8. The van der Waals surface area contributed by atoms with Crippen molar-refractivity contribution in [1.29, 1.82) is 0 Å². The Bertz CT molecular complexity index is 764. The summed E-state index contributed by atoms with van der Waals surface area (Å²) in [5.41, 5.74) is 0.116. The Morgan fingerprint density at radius 2 is 2.28 bits per heavy atom. The van der Waals surface area contributed by atoms with Gasteiger partial charge in [-0.2, -0.15) is 0 Å². The number of rotatable bonds is 8. The summed E-state index contributed by atoms with van der Waals surface area (Å²) < 4.78 is 5.14. The average molecular weight is 365 g/mol. The van der Waals surface area contributed by atoms with Crippen molar-refractivity contribution in [3.63, 3.8) is 0 Å². The fraction of sp³-hybridized carbons (Fsp3) is 0.400. The summed E-state index contributed by atoms with van der Waals surface area (Å²) in [6.07, 6.45) is 1.74. The van der Waals surface area contributed by atoms with Crippen LogP contribution in [0.5, 0.6) is 5.75 Å². The number of carbonyl (C=O) groups is 1. The number of hydrogen-bond donors (Lipinski definition) is 2. The van der Waals surface area contributed by atoms with E-state index in [1.807, 2.05) is 6.92 Å². The van der Waals surface area contributed by atoms with Crippen molar-refractivity contribution in [1.82, 2.24) is 15.2 Å². The number of non-ortho nitro benzene ring substituents is 1. The molecule has 0 aliphatic carbocycles. The van der Waals surface area contributed by atoms with Crippen LogP contribution in [0.4, 0.5) is 11.4 Å². The van der Waals surface area contributed by atoms with Gasteiger partial charge in [0.05, 0.1) is 23.0 Å². The van der Waals surface area contributed by atoms with Crippen molar-refractivity contribution in [3.05, 3.63) is 34.1 Å². The Balaban J connectivity index is 2.07. The minimum absolute atomic E-state index is 0.130. The summed E-state index contributed by atoms with van der Waals surface area (Å²) in [7, 11) is 1.43. The number of anilines is 1. The number of methoxy groups -OCH3 is 1. The highest BCUT2D eigenvalue weighted by Gasteiger charge is 2.20. The van der Waals surface area contributed by atoms with E-state index in [4.69, 9.17) is 4.74 Å². The minimum atomic E-state index is -0.532. The number of aromatic nitrogens is 3. The first-order valence-electron chi connectivity index (χ1n) is 7.65. The number of aromatic amines is 1. The molecule has 1 aromatic carbocycles. The number of H-pyrrole nitrogens is 1. The van der Waals surface area contributed by atoms with E-state index in [1.165, 1.54) is 37.1 Å². The molecule has 2 aromatic rings. The third-order valence-electron chi connectivity index (χ3n) is 3.30. The predicted octanol–water partition coefficient (Wildman–Crippen LogP) is 2.79. The lowest BCUT2D eigenvalue weighted by atomic mass is 10.2. The number of thioether (sulfide) groups is 1. The molecule has 0 aliphatic heterocycles. The van der Waals surface area contributed by atoms with Crippen LogP contribution in [0.25, 0.3) is 0 Å². The van der Waals surface area contributed by atoms with Gasteiger partial charge in [-0.1, -0.05) is 18.7 Å². The number of nitrogens with zero attached hydrogens (tertiary/aromatic N) is 3. The molecule has 0 saturated heterocycles. The molecule has 1 amide bonds. The van der Waals surface area contributed by atoms with Gasteiger partial charge in [0.1, 0.15) is 11.6 Å². The van der Waals surface area contributed by atoms with Crippen LogP contribution in [0, 0.1) is 10.1 Å². The number of nitro groups is 1. The molecule has 0 spiro atoms. The lowest BCUT2D eigenvalue weighted by molar-refractivity contribution is -0.384. The van der Waals surface area contributed by atoms with Gasteiger partial charge in [0.25, 0.3) is 5.69 Å². The van der Waals surface area contributed by atoms with Gasteiger partial charge in [0, 0.05) is 18.6 Å². The van der Waals surface area contributed by atoms with Gasteiger partial charge in [-0.05, 0) is 19.4 Å². The molecule has 1 heterocycles.